The van der Waals surface area contributed by atoms with Gasteiger partial charge in [-0.25, -0.2) is 0 Å². The van der Waals surface area contributed by atoms with E-state index in [1.807, 2.05) is 13.8 Å². The lowest BCUT2D eigenvalue weighted by Crippen LogP contribution is -2.36. The average molecular weight is 288 g/mol. The van der Waals surface area contributed by atoms with Gasteiger partial charge in [0.15, 0.2) is 0 Å². The summed E-state index contributed by atoms with van der Waals surface area (Å²) in [7, 11) is 0. The van der Waals surface area contributed by atoms with Gasteiger partial charge in [0.1, 0.15) is 0 Å². The highest BCUT2D eigenvalue weighted by molar-refractivity contribution is 4.84. The lowest BCUT2D eigenvalue weighted by atomic mass is 9.69. The molecule has 1 aliphatic rings. The molecule has 0 aromatic heterocycles. The molecule has 0 amide bonds. The Bertz CT molecular complexity index is 223. The van der Waals surface area contributed by atoms with E-state index in [0.29, 0.717) is 37.3 Å². The molecule has 122 valence electrons. The normalized spacial score (nSPS) is 26.9. The van der Waals surface area contributed by atoms with Crippen molar-refractivity contribution in [2.75, 3.05) is 26.4 Å². The maximum atomic E-state index is 8.61. The second-order valence-electron chi connectivity index (χ2n) is 6.60. The molecule has 3 heteroatoms. The molecule has 0 aromatic carbocycles. The van der Waals surface area contributed by atoms with E-state index < -0.39 is 0 Å². The Labute approximate surface area is 126 Å². The van der Waals surface area contributed by atoms with E-state index in [-0.39, 0.29) is 6.61 Å². The molecule has 1 aliphatic carbocycles. The summed E-state index contributed by atoms with van der Waals surface area (Å²) >= 11 is 0. The van der Waals surface area contributed by atoms with Crippen LogP contribution < -0.4 is 0 Å². The molecule has 1 rings (SSSR count). The van der Waals surface area contributed by atoms with Crippen molar-refractivity contribution in [1.29, 1.82) is 0 Å². The van der Waals surface area contributed by atoms with E-state index in [4.69, 9.17) is 14.6 Å². The molecule has 3 atom stereocenters. The Morgan fingerprint density at radius 1 is 1.05 bits per heavy atom. The zero-order valence-electron chi connectivity index (χ0n) is 14.4. The zero-order valence-corrected chi connectivity index (χ0v) is 14.4. The molecule has 0 radical (unpaired) electrons. The molecular formula is C17H36O3. The minimum absolute atomic E-state index is 0.0892. The maximum Gasteiger partial charge on any atom is 0.0704 e. The number of aliphatic hydroxyl groups is 1. The third-order valence-corrected chi connectivity index (χ3v) is 4.14. The molecule has 1 fully saturated rings. The standard InChI is InChI=1S/C15H30O3.C2H6/c1-12-5-6-13(15(2,3)4)11-14(12)18-10-9-17-8-7-16;1-2/h12-14,16H,5-11H2,1-4H3;1-2H3. The fourth-order valence-corrected chi connectivity index (χ4v) is 2.72. The summed E-state index contributed by atoms with van der Waals surface area (Å²) in [5.41, 5.74) is 0.384. The molecule has 0 aliphatic heterocycles. The summed E-state index contributed by atoms with van der Waals surface area (Å²) in [4.78, 5) is 0. The van der Waals surface area contributed by atoms with Crippen LogP contribution in [-0.4, -0.2) is 37.6 Å². The van der Waals surface area contributed by atoms with E-state index in [0.717, 1.165) is 5.92 Å². The van der Waals surface area contributed by atoms with E-state index in [9.17, 15) is 0 Å². The van der Waals surface area contributed by atoms with E-state index in [1.54, 1.807) is 0 Å². The highest BCUT2D eigenvalue weighted by atomic mass is 16.5. The summed E-state index contributed by atoms with van der Waals surface area (Å²) in [5, 5.41) is 8.61. The van der Waals surface area contributed by atoms with Crippen molar-refractivity contribution in [1.82, 2.24) is 0 Å². The van der Waals surface area contributed by atoms with Gasteiger partial charge >= 0.3 is 0 Å². The molecule has 0 heterocycles. The molecule has 0 bridgehead atoms. The first-order chi connectivity index (χ1) is 9.45. The van der Waals surface area contributed by atoms with Crippen LogP contribution in [0.5, 0.6) is 0 Å². The number of hydrogen-bond acceptors (Lipinski definition) is 3. The Balaban J connectivity index is 0.00000172. The summed E-state index contributed by atoms with van der Waals surface area (Å²) in [6.07, 6.45) is 4.14. The molecule has 0 saturated heterocycles. The number of hydrogen-bond donors (Lipinski definition) is 1. The van der Waals surface area contributed by atoms with Crippen molar-refractivity contribution < 1.29 is 14.6 Å². The lowest BCUT2D eigenvalue weighted by molar-refractivity contribution is -0.0588. The quantitative estimate of drug-likeness (QED) is 0.754. The second kappa shape index (κ2) is 10.6. The number of rotatable bonds is 6. The summed E-state index contributed by atoms with van der Waals surface area (Å²) in [5.74, 6) is 1.42. The third-order valence-electron chi connectivity index (χ3n) is 4.14. The van der Waals surface area contributed by atoms with Crippen molar-refractivity contribution in [3.05, 3.63) is 0 Å². The molecule has 0 spiro atoms. The first kappa shape index (κ1) is 19.9. The van der Waals surface area contributed by atoms with Crippen LogP contribution in [-0.2, 0) is 9.47 Å². The van der Waals surface area contributed by atoms with Gasteiger partial charge in [0.05, 0.1) is 32.5 Å². The highest BCUT2D eigenvalue weighted by Gasteiger charge is 2.34. The van der Waals surface area contributed by atoms with Crippen LogP contribution in [0.3, 0.4) is 0 Å². The van der Waals surface area contributed by atoms with Gasteiger partial charge in [0.2, 0.25) is 0 Å². The smallest absolute Gasteiger partial charge is 0.0704 e. The molecule has 3 nitrogen and oxygen atoms in total. The van der Waals surface area contributed by atoms with Gasteiger partial charge in [-0.05, 0) is 36.5 Å². The molecule has 20 heavy (non-hydrogen) atoms. The molecule has 3 unspecified atom stereocenters. The minimum Gasteiger partial charge on any atom is -0.394 e. The van der Waals surface area contributed by atoms with Crippen LogP contribution in [0, 0.1) is 17.3 Å². The summed E-state index contributed by atoms with van der Waals surface area (Å²) < 4.78 is 11.2. The minimum atomic E-state index is 0.0892. The monoisotopic (exact) mass is 288 g/mol. The summed E-state index contributed by atoms with van der Waals surface area (Å²) in [6.45, 7) is 15.0. The SMILES string of the molecule is CC.CC1CCC(C(C)(C)C)CC1OCCOCCO. The van der Waals surface area contributed by atoms with Crippen molar-refractivity contribution in [3.8, 4) is 0 Å². The Morgan fingerprint density at radius 2 is 1.70 bits per heavy atom. The van der Waals surface area contributed by atoms with Crippen LogP contribution >= 0.6 is 0 Å². The largest absolute Gasteiger partial charge is 0.394 e. The van der Waals surface area contributed by atoms with Gasteiger partial charge in [0.25, 0.3) is 0 Å². The van der Waals surface area contributed by atoms with Crippen LogP contribution in [0.15, 0.2) is 0 Å². The number of aliphatic hydroxyl groups excluding tert-OH is 1. The highest BCUT2D eigenvalue weighted by Crippen LogP contribution is 2.40. The van der Waals surface area contributed by atoms with Crippen LogP contribution in [0.4, 0.5) is 0 Å². The Morgan fingerprint density at radius 3 is 2.25 bits per heavy atom. The van der Waals surface area contributed by atoms with Crippen molar-refractivity contribution in [2.45, 2.75) is 66.9 Å². The fourth-order valence-electron chi connectivity index (χ4n) is 2.72. The van der Waals surface area contributed by atoms with Gasteiger partial charge in [0, 0.05) is 0 Å². The third kappa shape index (κ3) is 7.61. The molecule has 0 aromatic rings. The van der Waals surface area contributed by atoms with Crippen molar-refractivity contribution in [3.63, 3.8) is 0 Å². The first-order valence-corrected chi connectivity index (χ1v) is 8.25. The molecule has 1 N–H and O–H groups in total. The predicted octanol–water partition coefficient (Wildman–Crippen LogP) is 3.89. The van der Waals surface area contributed by atoms with E-state index >= 15 is 0 Å². The van der Waals surface area contributed by atoms with Gasteiger partial charge in [-0.2, -0.15) is 0 Å². The van der Waals surface area contributed by atoms with Crippen LogP contribution in [0.25, 0.3) is 0 Å². The maximum absolute atomic E-state index is 8.61. The predicted molar refractivity (Wildman–Crippen MR) is 85.0 cm³/mol. The van der Waals surface area contributed by atoms with Gasteiger partial charge in [-0.3, -0.25) is 0 Å². The van der Waals surface area contributed by atoms with E-state index in [2.05, 4.69) is 27.7 Å². The van der Waals surface area contributed by atoms with Crippen LogP contribution in [0.2, 0.25) is 0 Å². The van der Waals surface area contributed by atoms with Crippen molar-refractivity contribution >= 4 is 0 Å². The average Bonchev–Trinajstić information content (AvgIpc) is 2.41. The Hall–Kier alpha value is -0.120. The summed E-state index contributed by atoms with van der Waals surface area (Å²) in [6, 6.07) is 0. The molecular weight excluding hydrogens is 252 g/mol. The van der Waals surface area contributed by atoms with Crippen molar-refractivity contribution in [2.24, 2.45) is 17.3 Å². The fraction of sp³-hybridized carbons (Fsp3) is 1.00. The topological polar surface area (TPSA) is 38.7 Å². The lowest BCUT2D eigenvalue weighted by Gasteiger charge is -2.40. The second-order valence-corrected chi connectivity index (χ2v) is 6.60. The number of ether oxygens (including phenoxy) is 2. The van der Waals surface area contributed by atoms with E-state index in [1.165, 1.54) is 19.3 Å². The molecule has 1 saturated carbocycles. The Kier molecular flexibility index (Phi) is 10.5. The van der Waals surface area contributed by atoms with Gasteiger partial charge < -0.3 is 14.6 Å². The van der Waals surface area contributed by atoms with Gasteiger partial charge in [-0.1, -0.05) is 41.5 Å². The van der Waals surface area contributed by atoms with Gasteiger partial charge in [-0.15, -0.1) is 0 Å². The zero-order chi connectivity index (χ0) is 15.6. The first-order valence-electron chi connectivity index (χ1n) is 8.25. The van der Waals surface area contributed by atoms with Crippen LogP contribution in [0.1, 0.15) is 60.8 Å².